The molecule has 0 spiro atoms. The minimum Gasteiger partial charge on any atom is -0.355 e. The van der Waals surface area contributed by atoms with Gasteiger partial charge in [0.05, 0.1) is 12.1 Å². The van der Waals surface area contributed by atoms with E-state index in [9.17, 15) is 9.59 Å². The van der Waals surface area contributed by atoms with Crippen molar-refractivity contribution < 1.29 is 9.59 Å². The predicted octanol–water partition coefficient (Wildman–Crippen LogP) is -0.295. The fraction of sp³-hybridized carbons (Fsp3) is 0.818. The van der Waals surface area contributed by atoms with E-state index in [1.54, 1.807) is 11.9 Å². The molecule has 2 fully saturated rings. The molecule has 0 aromatic carbocycles. The quantitative estimate of drug-likeness (QED) is 0.689. The van der Waals surface area contributed by atoms with Crippen LogP contribution in [0.2, 0.25) is 0 Å². The second kappa shape index (κ2) is 4.94. The van der Waals surface area contributed by atoms with E-state index in [0.29, 0.717) is 13.1 Å². The van der Waals surface area contributed by atoms with E-state index >= 15 is 0 Å². The molecule has 96 valence electrons. The van der Waals surface area contributed by atoms with Crippen molar-refractivity contribution in [3.8, 4) is 0 Å². The molecule has 6 heteroatoms. The summed E-state index contributed by atoms with van der Waals surface area (Å²) >= 11 is 3.61. The molecule has 0 aromatic heterocycles. The fourth-order valence-electron chi connectivity index (χ4n) is 2.63. The normalized spacial score (nSPS) is 36.9. The molecule has 2 aliphatic heterocycles. The van der Waals surface area contributed by atoms with Crippen LogP contribution in [-0.2, 0) is 9.59 Å². The van der Waals surface area contributed by atoms with Crippen molar-refractivity contribution in [3.05, 3.63) is 0 Å². The lowest BCUT2D eigenvalue weighted by molar-refractivity contribution is -0.135. The second-order valence-corrected chi connectivity index (χ2v) is 5.90. The number of carbonyl (C=O) groups is 2. The van der Waals surface area contributed by atoms with Gasteiger partial charge in [-0.05, 0) is 19.3 Å². The maximum atomic E-state index is 12.0. The molecule has 2 aliphatic rings. The molecule has 0 saturated carbocycles. The summed E-state index contributed by atoms with van der Waals surface area (Å²) in [6, 6.07) is -0.453. The van der Waals surface area contributed by atoms with Gasteiger partial charge in [0.1, 0.15) is 0 Å². The highest BCUT2D eigenvalue weighted by Gasteiger charge is 2.48. The van der Waals surface area contributed by atoms with Crippen molar-refractivity contribution in [2.24, 2.45) is 5.92 Å². The minimum absolute atomic E-state index is 0.00273. The number of nitrogens with one attached hydrogen (secondary N) is 2. The third kappa shape index (κ3) is 2.33. The Morgan fingerprint density at radius 1 is 1.65 bits per heavy atom. The van der Waals surface area contributed by atoms with E-state index < -0.39 is 0 Å². The molecule has 2 N–H and O–H groups in total. The van der Waals surface area contributed by atoms with Crippen LogP contribution in [0.3, 0.4) is 0 Å². The van der Waals surface area contributed by atoms with Gasteiger partial charge < -0.3 is 10.2 Å². The van der Waals surface area contributed by atoms with Gasteiger partial charge in [0.15, 0.2) is 0 Å². The summed E-state index contributed by atoms with van der Waals surface area (Å²) in [5, 5.41) is 5.95. The molecule has 4 atom stereocenters. The van der Waals surface area contributed by atoms with Crippen molar-refractivity contribution in [2.45, 2.75) is 30.3 Å². The lowest BCUT2D eigenvalue weighted by atomic mass is 9.91. The summed E-state index contributed by atoms with van der Waals surface area (Å²) < 4.78 is 0. The molecule has 17 heavy (non-hydrogen) atoms. The first-order valence-electron chi connectivity index (χ1n) is 5.97. The zero-order valence-corrected chi connectivity index (χ0v) is 11.7. The monoisotopic (exact) mass is 303 g/mol. The maximum absolute atomic E-state index is 12.0. The first-order chi connectivity index (χ1) is 8.04. The molecule has 0 radical (unpaired) electrons. The van der Waals surface area contributed by atoms with Crippen LogP contribution in [0.15, 0.2) is 0 Å². The predicted molar refractivity (Wildman–Crippen MR) is 67.9 cm³/mol. The number of fused-ring (bicyclic) bond motifs is 1. The third-order valence-corrected chi connectivity index (χ3v) is 4.51. The van der Waals surface area contributed by atoms with Crippen molar-refractivity contribution in [3.63, 3.8) is 0 Å². The molecule has 2 rings (SSSR count). The molecule has 0 aliphatic carbocycles. The standard InChI is InChI=1S/C11H18BrN3O2/c1-3-13-10(16)8-4-6-7(12)5-15(2)11(17)9(6)14-8/h6-9,14H,3-5H2,1-2H3,(H,13,16). The van der Waals surface area contributed by atoms with Gasteiger partial charge >= 0.3 is 0 Å². The summed E-state index contributed by atoms with van der Waals surface area (Å²) in [7, 11) is 1.80. The summed E-state index contributed by atoms with van der Waals surface area (Å²) in [5.41, 5.74) is 0. The molecule has 2 amide bonds. The van der Waals surface area contributed by atoms with Crippen molar-refractivity contribution in [1.82, 2.24) is 15.5 Å². The summed E-state index contributed by atoms with van der Waals surface area (Å²) in [4.78, 5) is 25.7. The van der Waals surface area contributed by atoms with Gasteiger partial charge in [-0.25, -0.2) is 0 Å². The molecule has 0 aromatic rings. The summed E-state index contributed by atoms with van der Waals surface area (Å²) in [6.45, 7) is 3.23. The van der Waals surface area contributed by atoms with Gasteiger partial charge in [-0.2, -0.15) is 0 Å². The van der Waals surface area contributed by atoms with Crippen LogP contribution in [0.4, 0.5) is 0 Å². The van der Waals surface area contributed by atoms with E-state index in [2.05, 4.69) is 26.6 Å². The van der Waals surface area contributed by atoms with E-state index in [1.165, 1.54) is 0 Å². The SMILES string of the molecule is CCNC(=O)C1CC2C(Br)CN(C)C(=O)C2N1. The number of alkyl halides is 1. The lowest BCUT2D eigenvalue weighted by Gasteiger charge is -2.35. The van der Waals surface area contributed by atoms with Gasteiger partial charge in [0, 0.05) is 25.0 Å². The van der Waals surface area contributed by atoms with Crippen LogP contribution >= 0.6 is 15.9 Å². The zero-order valence-electron chi connectivity index (χ0n) is 10.1. The van der Waals surface area contributed by atoms with E-state index in [-0.39, 0.29) is 34.6 Å². The lowest BCUT2D eigenvalue weighted by Crippen LogP contribution is -2.55. The number of carbonyl (C=O) groups excluding carboxylic acids is 2. The van der Waals surface area contributed by atoms with Crippen molar-refractivity contribution in [2.75, 3.05) is 20.1 Å². The van der Waals surface area contributed by atoms with Gasteiger partial charge in [-0.3, -0.25) is 14.9 Å². The topological polar surface area (TPSA) is 61.4 Å². The number of nitrogens with zero attached hydrogens (tertiary/aromatic N) is 1. The molecule has 4 unspecified atom stereocenters. The third-order valence-electron chi connectivity index (χ3n) is 3.54. The highest BCUT2D eigenvalue weighted by molar-refractivity contribution is 9.09. The molecule has 0 bridgehead atoms. The van der Waals surface area contributed by atoms with Crippen LogP contribution in [0.25, 0.3) is 0 Å². The van der Waals surface area contributed by atoms with Gasteiger partial charge in [-0.1, -0.05) is 15.9 Å². The van der Waals surface area contributed by atoms with Crippen molar-refractivity contribution in [1.29, 1.82) is 0 Å². The first kappa shape index (κ1) is 12.8. The first-order valence-corrected chi connectivity index (χ1v) is 6.89. The van der Waals surface area contributed by atoms with Crippen LogP contribution in [-0.4, -0.2) is 53.8 Å². The number of likely N-dealkylation sites (N-methyl/N-ethyl adjacent to an activating group) is 2. The number of hydrogen-bond donors (Lipinski definition) is 2. The highest BCUT2D eigenvalue weighted by Crippen LogP contribution is 2.33. The number of likely N-dealkylation sites (tertiary alicyclic amines) is 1. The summed E-state index contributed by atoms with van der Waals surface area (Å²) in [5.74, 6) is 0.306. The maximum Gasteiger partial charge on any atom is 0.239 e. The number of piperidine rings is 1. The van der Waals surface area contributed by atoms with Gasteiger partial charge in [0.2, 0.25) is 11.8 Å². The van der Waals surface area contributed by atoms with Crippen LogP contribution in [0.1, 0.15) is 13.3 Å². The Hall–Kier alpha value is -0.620. The number of halogens is 1. The van der Waals surface area contributed by atoms with Crippen LogP contribution in [0, 0.1) is 5.92 Å². The van der Waals surface area contributed by atoms with Crippen LogP contribution < -0.4 is 10.6 Å². The molecular formula is C11H18BrN3O2. The van der Waals surface area contributed by atoms with Gasteiger partial charge in [-0.15, -0.1) is 0 Å². The molecular weight excluding hydrogens is 286 g/mol. The number of hydrogen-bond acceptors (Lipinski definition) is 3. The summed E-state index contributed by atoms with van der Waals surface area (Å²) in [6.07, 6.45) is 0.728. The fourth-order valence-corrected chi connectivity index (χ4v) is 3.59. The highest BCUT2D eigenvalue weighted by atomic mass is 79.9. The Morgan fingerprint density at radius 3 is 3.00 bits per heavy atom. The Bertz CT molecular complexity index is 337. The Balaban J connectivity index is 2.07. The van der Waals surface area contributed by atoms with Crippen molar-refractivity contribution >= 4 is 27.7 Å². The number of rotatable bonds is 2. The zero-order chi connectivity index (χ0) is 12.6. The average molecular weight is 304 g/mol. The smallest absolute Gasteiger partial charge is 0.239 e. The molecule has 2 saturated heterocycles. The Morgan fingerprint density at radius 2 is 2.35 bits per heavy atom. The minimum atomic E-state index is -0.236. The molecule has 5 nitrogen and oxygen atoms in total. The second-order valence-electron chi connectivity index (χ2n) is 4.73. The van der Waals surface area contributed by atoms with Gasteiger partial charge in [0.25, 0.3) is 0 Å². The Labute approximate surface area is 109 Å². The van der Waals surface area contributed by atoms with E-state index in [1.807, 2.05) is 6.92 Å². The van der Waals surface area contributed by atoms with Crippen LogP contribution in [0.5, 0.6) is 0 Å². The molecule has 2 heterocycles. The Kier molecular flexibility index (Phi) is 3.73. The van der Waals surface area contributed by atoms with E-state index in [0.717, 1.165) is 6.42 Å². The average Bonchev–Trinajstić information content (AvgIpc) is 2.72. The van der Waals surface area contributed by atoms with E-state index in [4.69, 9.17) is 0 Å². The number of amides is 2. The largest absolute Gasteiger partial charge is 0.355 e.